The van der Waals surface area contributed by atoms with Crippen LogP contribution in [-0.4, -0.2) is 42.8 Å². The van der Waals surface area contributed by atoms with E-state index in [4.69, 9.17) is 0 Å². The topological polar surface area (TPSA) is 49.4 Å². The minimum Gasteiger partial charge on any atom is -0.354 e. The molecule has 4 nitrogen and oxygen atoms in total. The SMILES string of the molecule is O=C(CN1CCC(C(=O)c2ccccc2)CC1)NCC1(c2ccc(F)cc2)CCCC1. The lowest BCUT2D eigenvalue weighted by Crippen LogP contribution is -2.46. The van der Waals surface area contributed by atoms with Crippen molar-refractivity contribution in [3.05, 3.63) is 71.5 Å². The molecule has 1 saturated heterocycles. The van der Waals surface area contributed by atoms with Gasteiger partial charge in [0.25, 0.3) is 0 Å². The minimum atomic E-state index is -0.227. The monoisotopic (exact) mass is 422 g/mol. The zero-order valence-electron chi connectivity index (χ0n) is 18.0. The van der Waals surface area contributed by atoms with E-state index in [0.29, 0.717) is 13.1 Å². The van der Waals surface area contributed by atoms with Crippen LogP contribution in [0.4, 0.5) is 4.39 Å². The van der Waals surface area contributed by atoms with Crippen LogP contribution in [0.15, 0.2) is 54.6 Å². The van der Waals surface area contributed by atoms with Crippen LogP contribution in [0.1, 0.15) is 54.4 Å². The van der Waals surface area contributed by atoms with E-state index in [1.54, 1.807) is 0 Å². The number of amides is 1. The van der Waals surface area contributed by atoms with Gasteiger partial charge in [-0.25, -0.2) is 4.39 Å². The number of nitrogens with one attached hydrogen (secondary N) is 1. The van der Waals surface area contributed by atoms with Gasteiger partial charge in [-0.1, -0.05) is 55.3 Å². The highest BCUT2D eigenvalue weighted by Gasteiger charge is 2.36. The van der Waals surface area contributed by atoms with Gasteiger partial charge >= 0.3 is 0 Å². The Morgan fingerprint density at radius 2 is 1.61 bits per heavy atom. The summed E-state index contributed by atoms with van der Waals surface area (Å²) < 4.78 is 13.4. The fourth-order valence-electron chi connectivity index (χ4n) is 5.14. The first kappa shape index (κ1) is 21.7. The van der Waals surface area contributed by atoms with Crippen molar-refractivity contribution < 1.29 is 14.0 Å². The maximum Gasteiger partial charge on any atom is 0.234 e. The molecule has 0 unspecified atom stereocenters. The molecule has 5 heteroatoms. The number of nitrogens with zero attached hydrogens (tertiary/aromatic N) is 1. The van der Waals surface area contributed by atoms with Gasteiger partial charge in [-0.05, 0) is 56.5 Å². The Bertz CT molecular complexity index is 883. The van der Waals surface area contributed by atoms with Crippen LogP contribution in [0, 0.1) is 11.7 Å². The molecule has 0 aromatic heterocycles. The van der Waals surface area contributed by atoms with Crippen molar-refractivity contribution in [3.63, 3.8) is 0 Å². The van der Waals surface area contributed by atoms with E-state index in [9.17, 15) is 14.0 Å². The van der Waals surface area contributed by atoms with Crippen LogP contribution in [-0.2, 0) is 10.2 Å². The first-order valence-electron chi connectivity index (χ1n) is 11.4. The minimum absolute atomic E-state index is 0.0289. The van der Waals surface area contributed by atoms with Gasteiger partial charge in [-0.2, -0.15) is 0 Å². The van der Waals surface area contributed by atoms with E-state index >= 15 is 0 Å². The molecule has 1 aliphatic heterocycles. The standard InChI is InChI=1S/C26H31FN2O2/c27-23-10-8-22(9-11-23)26(14-4-5-15-26)19-28-24(30)18-29-16-12-21(13-17-29)25(31)20-6-2-1-3-7-20/h1-3,6-11,21H,4-5,12-19H2,(H,28,30). The van der Waals surface area contributed by atoms with Gasteiger partial charge in [-0.15, -0.1) is 0 Å². The summed E-state index contributed by atoms with van der Waals surface area (Å²) in [4.78, 5) is 27.4. The Morgan fingerprint density at radius 1 is 0.968 bits per heavy atom. The summed E-state index contributed by atoms with van der Waals surface area (Å²) in [5.41, 5.74) is 1.81. The molecule has 2 aromatic rings. The molecule has 164 valence electrons. The molecule has 1 heterocycles. The fourth-order valence-corrected chi connectivity index (χ4v) is 5.14. The number of carbonyl (C=O) groups is 2. The molecule has 1 saturated carbocycles. The number of hydrogen-bond donors (Lipinski definition) is 1. The summed E-state index contributed by atoms with van der Waals surface area (Å²) in [6.45, 7) is 2.49. The zero-order chi connectivity index (χ0) is 21.7. The zero-order valence-corrected chi connectivity index (χ0v) is 18.0. The Hall–Kier alpha value is -2.53. The molecule has 1 amide bonds. The molecule has 2 aliphatic rings. The molecule has 0 spiro atoms. The Labute approximate surface area is 183 Å². The van der Waals surface area contributed by atoms with Crippen molar-refractivity contribution in [2.45, 2.75) is 43.9 Å². The fraction of sp³-hybridized carbons (Fsp3) is 0.462. The van der Waals surface area contributed by atoms with Crippen LogP contribution in [0.5, 0.6) is 0 Å². The summed E-state index contributed by atoms with van der Waals surface area (Å²) in [6, 6.07) is 16.2. The molecular formula is C26H31FN2O2. The number of carbonyl (C=O) groups excluding carboxylic acids is 2. The molecule has 1 N–H and O–H groups in total. The highest BCUT2D eigenvalue weighted by atomic mass is 19.1. The maximum atomic E-state index is 13.4. The summed E-state index contributed by atoms with van der Waals surface area (Å²) in [5.74, 6) is 0.0606. The van der Waals surface area contributed by atoms with E-state index in [2.05, 4.69) is 10.2 Å². The van der Waals surface area contributed by atoms with Gasteiger partial charge in [0.1, 0.15) is 5.82 Å². The molecule has 31 heavy (non-hydrogen) atoms. The van der Waals surface area contributed by atoms with Crippen molar-refractivity contribution in [1.82, 2.24) is 10.2 Å². The van der Waals surface area contributed by atoms with Crippen LogP contribution in [0.3, 0.4) is 0 Å². The van der Waals surface area contributed by atoms with Crippen LogP contribution in [0.2, 0.25) is 0 Å². The van der Waals surface area contributed by atoms with Gasteiger partial charge < -0.3 is 5.32 Å². The van der Waals surface area contributed by atoms with E-state index in [-0.39, 0.29) is 28.8 Å². The molecule has 0 atom stereocenters. The second-order valence-corrected chi connectivity index (χ2v) is 9.05. The summed E-state index contributed by atoms with van der Waals surface area (Å²) in [5, 5.41) is 3.14. The molecule has 2 aromatic carbocycles. The van der Waals surface area contributed by atoms with Crippen molar-refractivity contribution in [3.8, 4) is 0 Å². The lowest BCUT2D eigenvalue weighted by Gasteiger charge is -2.32. The third-order valence-corrected chi connectivity index (χ3v) is 7.03. The number of benzene rings is 2. The predicted octanol–water partition coefficient (Wildman–Crippen LogP) is 4.35. The normalized spacial score (nSPS) is 19.3. The molecular weight excluding hydrogens is 391 g/mol. The largest absolute Gasteiger partial charge is 0.354 e. The molecule has 2 fully saturated rings. The van der Waals surface area contributed by atoms with Crippen molar-refractivity contribution in [1.29, 1.82) is 0 Å². The second-order valence-electron chi connectivity index (χ2n) is 9.05. The smallest absolute Gasteiger partial charge is 0.234 e. The molecule has 0 bridgehead atoms. The summed E-state index contributed by atoms with van der Waals surface area (Å²) in [6.07, 6.45) is 5.89. The Kier molecular flexibility index (Phi) is 6.81. The lowest BCUT2D eigenvalue weighted by atomic mass is 9.79. The van der Waals surface area contributed by atoms with E-state index in [1.807, 2.05) is 42.5 Å². The van der Waals surface area contributed by atoms with Gasteiger partial charge in [0.2, 0.25) is 5.91 Å². The predicted molar refractivity (Wildman–Crippen MR) is 119 cm³/mol. The van der Waals surface area contributed by atoms with E-state index in [1.165, 1.54) is 12.1 Å². The van der Waals surface area contributed by atoms with Crippen molar-refractivity contribution >= 4 is 11.7 Å². The van der Waals surface area contributed by atoms with Crippen molar-refractivity contribution in [2.75, 3.05) is 26.2 Å². The first-order valence-corrected chi connectivity index (χ1v) is 11.4. The van der Waals surface area contributed by atoms with Crippen molar-refractivity contribution in [2.24, 2.45) is 5.92 Å². The molecule has 0 radical (unpaired) electrons. The van der Waals surface area contributed by atoms with Gasteiger partial charge in [0.05, 0.1) is 6.54 Å². The number of Topliss-reactive ketones (excluding diaryl/α,β-unsaturated/α-hetero) is 1. The third kappa shape index (κ3) is 5.21. The quantitative estimate of drug-likeness (QED) is 0.675. The first-order chi connectivity index (χ1) is 15.1. The highest BCUT2D eigenvalue weighted by Crippen LogP contribution is 2.40. The third-order valence-electron chi connectivity index (χ3n) is 7.03. The molecule has 4 rings (SSSR count). The Morgan fingerprint density at radius 3 is 2.26 bits per heavy atom. The van der Waals surface area contributed by atoms with Crippen LogP contribution in [0.25, 0.3) is 0 Å². The number of piperidine rings is 1. The van der Waals surface area contributed by atoms with E-state index < -0.39 is 0 Å². The molecule has 1 aliphatic carbocycles. The van der Waals surface area contributed by atoms with Crippen LogP contribution >= 0.6 is 0 Å². The average Bonchev–Trinajstić information content (AvgIpc) is 3.29. The number of ketones is 1. The highest BCUT2D eigenvalue weighted by molar-refractivity contribution is 5.97. The lowest BCUT2D eigenvalue weighted by molar-refractivity contribution is -0.122. The average molecular weight is 423 g/mol. The second kappa shape index (κ2) is 9.73. The summed E-state index contributed by atoms with van der Waals surface area (Å²) in [7, 11) is 0. The number of likely N-dealkylation sites (tertiary alicyclic amines) is 1. The number of halogens is 1. The van der Waals surface area contributed by atoms with Crippen LogP contribution < -0.4 is 5.32 Å². The van der Waals surface area contributed by atoms with Gasteiger partial charge in [0.15, 0.2) is 5.78 Å². The number of hydrogen-bond acceptors (Lipinski definition) is 3. The Balaban J connectivity index is 1.26. The van der Waals surface area contributed by atoms with E-state index in [0.717, 1.165) is 62.7 Å². The van der Waals surface area contributed by atoms with Gasteiger partial charge in [0, 0.05) is 23.4 Å². The maximum absolute atomic E-state index is 13.4. The summed E-state index contributed by atoms with van der Waals surface area (Å²) >= 11 is 0. The number of rotatable bonds is 7. The van der Waals surface area contributed by atoms with Gasteiger partial charge in [-0.3, -0.25) is 14.5 Å².